The standard InChI is InChI=1S/C16H26FNO/c1-5-10-18-14(12-19-16(2,3)4)11-13-8-6-7-9-15(13)17/h6-9,14,18H,5,10-12H2,1-4H3. The lowest BCUT2D eigenvalue weighted by Crippen LogP contribution is -2.38. The van der Waals surface area contributed by atoms with E-state index < -0.39 is 0 Å². The van der Waals surface area contributed by atoms with Crippen LogP contribution < -0.4 is 5.32 Å². The number of hydrogen-bond donors (Lipinski definition) is 1. The molecule has 19 heavy (non-hydrogen) atoms. The first-order valence-corrected chi connectivity index (χ1v) is 7.03. The Hall–Kier alpha value is -0.930. The van der Waals surface area contributed by atoms with Crippen LogP contribution in [0.15, 0.2) is 24.3 Å². The van der Waals surface area contributed by atoms with Gasteiger partial charge in [0.2, 0.25) is 0 Å². The molecule has 0 radical (unpaired) electrons. The highest BCUT2D eigenvalue weighted by atomic mass is 19.1. The van der Waals surface area contributed by atoms with E-state index in [1.807, 2.05) is 32.9 Å². The Kier molecular flexibility index (Phi) is 6.46. The molecule has 0 aliphatic heterocycles. The molecule has 0 saturated carbocycles. The zero-order valence-corrected chi connectivity index (χ0v) is 12.5. The summed E-state index contributed by atoms with van der Waals surface area (Å²) in [6, 6.07) is 7.10. The Bertz CT molecular complexity index is 373. The second-order valence-electron chi connectivity index (χ2n) is 5.87. The Morgan fingerprint density at radius 3 is 2.53 bits per heavy atom. The number of rotatable bonds is 7. The van der Waals surface area contributed by atoms with Gasteiger partial charge in [0.05, 0.1) is 12.2 Å². The lowest BCUT2D eigenvalue weighted by molar-refractivity contribution is -0.0144. The number of halogens is 1. The van der Waals surface area contributed by atoms with Gasteiger partial charge in [-0.25, -0.2) is 4.39 Å². The fourth-order valence-corrected chi connectivity index (χ4v) is 1.82. The zero-order chi connectivity index (χ0) is 14.3. The number of hydrogen-bond acceptors (Lipinski definition) is 2. The molecule has 0 spiro atoms. The fraction of sp³-hybridized carbons (Fsp3) is 0.625. The van der Waals surface area contributed by atoms with Gasteiger partial charge in [-0.2, -0.15) is 0 Å². The molecule has 108 valence electrons. The van der Waals surface area contributed by atoms with Crippen LogP contribution in [0.4, 0.5) is 4.39 Å². The van der Waals surface area contributed by atoms with Crippen molar-refractivity contribution in [2.24, 2.45) is 0 Å². The third-order valence-corrected chi connectivity index (χ3v) is 2.82. The predicted molar refractivity (Wildman–Crippen MR) is 77.9 cm³/mol. The Labute approximate surface area is 116 Å². The van der Waals surface area contributed by atoms with Crippen molar-refractivity contribution < 1.29 is 9.13 Å². The highest BCUT2D eigenvalue weighted by Gasteiger charge is 2.16. The third-order valence-electron chi connectivity index (χ3n) is 2.82. The second kappa shape index (κ2) is 7.61. The van der Waals surface area contributed by atoms with E-state index in [0.717, 1.165) is 18.5 Å². The average molecular weight is 267 g/mol. The van der Waals surface area contributed by atoms with Crippen molar-refractivity contribution >= 4 is 0 Å². The maximum Gasteiger partial charge on any atom is 0.126 e. The number of nitrogens with one attached hydrogen (secondary N) is 1. The zero-order valence-electron chi connectivity index (χ0n) is 12.5. The molecule has 0 amide bonds. The molecule has 1 aromatic carbocycles. The first-order valence-electron chi connectivity index (χ1n) is 7.03. The molecule has 1 aromatic rings. The van der Waals surface area contributed by atoms with Gasteiger partial charge in [0.1, 0.15) is 5.82 Å². The predicted octanol–water partition coefficient (Wildman–Crippen LogP) is 3.55. The molecule has 0 saturated heterocycles. The van der Waals surface area contributed by atoms with E-state index in [1.54, 1.807) is 6.07 Å². The third kappa shape index (κ3) is 6.69. The first kappa shape index (κ1) is 16.1. The molecular weight excluding hydrogens is 241 g/mol. The molecule has 0 aliphatic rings. The van der Waals surface area contributed by atoms with Gasteiger partial charge in [-0.1, -0.05) is 25.1 Å². The van der Waals surface area contributed by atoms with Crippen LogP contribution in [0.5, 0.6) is 0 Å². The molecular formula is C16H26FNO. The van der Waals surface area contributed by atoms with Crippen LogP contribution in [0.3, 0.4) is 0 Å². The van der Waals surface area contributed by atoms with Crippen molar-refractivity contribution in [1.82, 2.24) is 5.32 Å². The van der Waals surface area contributed by atoms with Crippen LogP contribution in [-0.4, -0.2) is 24.8 Å². The van der Waals surface area contributed by atoms with E-state index in [4.69, 9.17) is 4.74 Å². The van der Waals surface area contributed by atoms with Gasteiger partial charge in [-0.05, 0) is 51.8 Å². The van der Waals surface area contributed by atoms with E-state index in [1.165, 1.54) is 6.07 Å². The highest BCUT2D eigenvalue weighted by Crippen LogP contribution is 2.12. The summed E-state index contributed by atoms with van der Waals surface area (Å²) in [4.78, 5) is 0. The average Bonchev–Trinajstić information content (AvgIpc) is 2.34. The van der Waals surface area contributed by atoms with Crippen LogP contribution in [0.25, 0.3) is 0 Å². The van der Waals surface area contributed by atoms with Crippen molar-refractivity contribution in [3.63, 3.8) is 0 Å². The molecule has 0 bridgehead atoms. The largest absolute Gasteiger partial charge is 0.374 e. The minimum Gasteiger partial charge on any atom is -0.374 e. The number of benzene rings is 1. The van der Waals surface area contributed by atoms with E-state index in [0.29, 0.717) is 13.0 Å². The van der Waals surface area contributed by atoms with Gasteiger partial charge >= 0.3 is 0 Å². The van der Waals surface area contributed by atoms with Gasteiger partial charge in [0.15, 0.2) is 0 Å². The summed E-state index contributed by atoms with van der Waals surface area (Å²) in [5.41, 5.74) is 0.579. The van der Waals surface area contributed by atoms with Gasteiger partial charge in [0.25, 0.3) is 0 Å². The molecule has 1 rings (SSSR count). The number of ether oxygens (including phenoxy) is 1. The molecule has 1 unspecified atom stereocenters. The smallest absolute Gasteiger partial charge is 0.126 e. The van der Waals surface area contributed by atoms with Crippen molar-refractivity contribution in [2.75, 3.05) is 13.2 Å². The summed E-state index contributed by atoms with van der Waals surface area (Å²) in [5, 5.41) is 3.43. The Morgan fingerprint density at radius 1 is 1.26 bits per heavy atom. The maximum absolute atomic E-state index is 13.7. The van der Waals surface area contributed by atoms with Crippen molar-refractivity contribution in [3.8, 4) is 0 Å². The Balaban J connectivity index is 2.61. The molecule has 0 aromatic heterocycles. The highest BCUT2D eigenvalue weighted by molar-refractivity contribution is 5.18. The first-order chi connectivity index (χ1) is 8.92. The van der Waals surface area contributed by atoms with E-state index in [9.17, 15) is 4.39 Å². The maximum atomic E-state index is 13.7. The summed E-state index contributed by atoms with van der Waals surface area (Å²) in [5.74, 6) is -0.137. The van der Waals surface area contributed by atoms with Gasteiger partial charge in [0, 0.05) is 6.04 Å². The minimum atomic E-state index is -0.165. The molecule has 0 fully saturated rings. The van der Waals surface area contributed by atoms with Crippen molar-refractivity contribution in [1.29, 1.82) is 0 Å². The van der Waals surface area contributed by atoms with E-state index in [-0.39, 0.29) is 17.5 Å². The van der Waals surface area contributed by atoms with Crippen molar-refractivity contribution in [2.45, 2.75) is 52.2 Å². The van der Waals surface area contributed by atoms with Crippen molar-refractivity contribution in [3.05, 3.63) is 35.6 Å². The van der Waals surface area contributed by atoms with E-state index >= 15 is 0 Å². The monoisotopic (exact) mass is 267 g/mol. The van der Waals surface area contributed by atoms with Crippen LogP contribution >= 0.6 is 0 Å². The van der Waals surface area contributed by atoms with Crippen LogP contribution in [0.2, 0.25) is 0 Å². The summed E-state index contributed by atoms with van der Waals surface area (Å²) in [6.45, 7) is 9.75. The minimum absolute atomic E-state index is 0.137. The molecule has 3 heteroatoms. The van der Waals surface area contributed by atoms with Gasteiger partial charge in [-0.3, -0.25) is 0 Å². The molecule has 2 nitrogen and oxygen atoms in total. The lowest BCUT2D eigenvalue weighted by Gasteiger charge is -2.25. The normalized spacial score (nSPS) is 13.5. The molecule has 1 N–H and O–H groups in total. The Morgan fingerprint density at radius 2 is 1.95 bits per heavy atom. The topological polar surface area (TPSA) is 21.3 Å². The lowest BCUT2D eigenvalue weighted by atomic mass is 10.1. The summed E-state index contributed by atoms with van der Waals surface area (Å²) < 4.78 is 19.5. The molecule has 1 atom stereocenters. The summed E-state index contributed by atoms with van der Waals surface area (Å²) >= 11 is 0. The fourth-order valence-electron chi connectivity index (χ4n) is 1.82. The quantitative estimate of drug-likeness (QED) is 0.815. The van der Waals surface area contributed by atoms with Gasteiger partial charge < -0.3 is 10.1 Å². The van der Waals surface area contributed by atoms with Gasteiger partial charge in [-0.15, -0.1) is 0 Å². The summed E-state index contributed by atoms with van der Waals surface area (Å²) in [7, 11) is 0. The van der Waals surface area contributed by atoms with Crippen LogP contribution in [0.1, 0.15) is 39.7 Å². The summed E-state index contributed by atoms with van der Waals surface area (Å²) in [6.07, 6.45) is 1.71. The van der Waals surface area contributed by atoms with Crippen LogP contribution in [0, 0.1) is 5.82 Å². The SMILES string of the molecule is CCCNC(COC(C)(C)C)Cc1ccccc1F. The van der Waals surface area contributed by atoms with Crippen LogP contribution in [-0.2, 0) is 11.2 Å². The second-order valence-corrected chi connectivity index (χ2v) is 5.87. The molecule has 0 aliphatic carbocycles. The molecule has 0 heterocycles. The van der Waals surface area contributed by atoms with E-state index in [2.05, 4.69) is 12.2 Å².